The second-order valence-electron chi connectivity index (χ2n) is 4.60. The van der Waals surface area contributed by atoms with Gasteiger partial charge in [0.1, 0.15) is 5.25 Å². The predicted molar refractivity (Wildman–Crippen MR) is 79.9 cm³/mol. The van der Waals surface area contributed by atoms with Gasteiger partial charge in [-0.25, -0.2) is 8.42 Å². The van der Waals surface area contributed by atoms with Crippen molar-refractivity contribution in [3.63, 3.8) is 0 Å². The molecule has 1 unspecified atom stereocenters. The fourth-order valence-corrected chi connectivity index (χ4v) is 3.61. The summed E-state index contributed by atoms with van der Waals surface area (Å²) < 4.78 is 22.5. The van der Waals surface area contributed by atoms with Crippen molar-refractivity contribution in [2.24, 2.45) is 0 Å². The Morgan fingerprint density at radius 3 is 2.60 bits per heavy atom. The van der Waals surface area contributed by atoms with Crippen LogP contribution in [0.2, 0.25) is 10.0 Å². The molecule has 2 rings (SSSR count). The third-order valence-electron chi connectivity index (χ3n) is 3.26. The van der Waals surface area contributed by atoms with Crippen LogP contribution in [-0.4, -0.2) is 37.6 Å². The lowest BCUT2D eigenvalue weighted by Crippen LogP contribution is -2.29. The lowest BCUT2D eigenvalue weighted by Gasteiger charge is -2.16. The van der Waals surface area contributed by atoms with Crippen molar-refractivity contribution in [1.29, 1.82) is 0 Å². The summed E-state index contributed by atoms with van der Waals surface area (Å²) in [5, 5.41) is 0.0898. The minimum Gasteiger partial charge on any atom is -0.341 e. The fraction of sp³-hybridized carbons (Fsp3) is 0.417. The minimum absolute atomic E-state index is 0.0604. The first-order valence-corrected chi connectivity index (χ1v) is 9.06. The second kappa shape index (κ2) is 6.10. The van der Waals surface area contributed by atoms with E-state index in [0.717, 1.165) is 5.56 Å². The van der Waals surface area contributed by atoms with Gasteiger partial charge in [0.15, 0.2) is 0 Å². The Hall–Kier alpha value is -0.490. The van der Waals surface area contributed by atoms with Crippen LogP contribution in [-0.2, 0) is 20.3 Å². The van der Waals surface area contributed by atoms with Crippen LogP contribution in [0.15, 0.2) is 18.2 Å². The summed E-state index contributed by atoms with van der Waals surface area (Å²) in [7, 11) is 1.58. The lowest BCUT2D eigenvalue weighted by atomic mass is 10.1. The van der Waals surface area contributed by atoms with Gasteiger partial charge < -0.3 is 4.90 Å². The van der Waals surface area contributed by atoms with Crippen molar-refractivity contribution in [2.75, 3.05) is 13.1 Å². The molecular weight excluding hydrogens is 345 g/mol. The molecule has 1 amide bonds. The van der Waals surface area contributed by atoms with Gasteiger partial charge in [0, 0.05) is 30.2 Å². The molecule has 1 aromatic carbocycles. The molecule has 1 saturated heterocycles. The number of hydrogen-bond acceptors (Lipinski definition) is 3. The normalized spacial score (nSPS) is 19.6. The summed E-state index contributed by atoms with van der Waals surface area (Å²) in [5.41, 5.74) is 0.823. The molecule has 8 heteroatoms. The average molecular weight is 357 g/mol. The van der Waals surface area contributed by atoms with Gasteiger partial charge in [-0.2, -0.15) is 0 Å². The Morgan fingerprint density at radius 2 is 2.00 bits per heavy atom. The second-order valence-corrected chi connectivity index (χ2v) is 8.30. The zero-order valence-corrected chi connectivity index (χ0v) is 13.4. The molecule has 20 heavy (non-hydrogen) atoms. The number of benzene rings is 1. The Kier molecular flexibility index (Phi) is 4.84. The van der Waals surface area contributed by atoms with Crippen molar-refractivity contribution in [2.45, 2.75) is 18.1 Å². The van der Waals surface area contributed by atoms with E-state index >= 15 is 0 Å². The molecule has 110 valence electrons. The van der Waals surface area contributed by atoms with E-state index < -0.39 is 14.3 Å². The first-order chi connectivity index (χ1) is 9.29. The zero-order valence-electron chi connectivity index (χ0n) is 10.4. The number of halogens is 3. The largest absolute Gasteiger partial charge is 0.341 e. The van der Waals surface area contributed by atoms with E-state index in [-0.39, 0.29) is 18.9 Å². The summed E-state index contributed by atoms with van der Waals surface area (Å²) in [6.45, 7) is 0.519. The Balaban J connectivity index is 2.02. The summed E-state index contributed by atoms with van der Waals surface area (Å²) in [6.07, 6.45) is 0.454. The van der Waals surface area contributed by atoms with Gasteiger partial charge in [-0.05, 0) is 18.1 Å². The van der Waals surface area contributed by atoms with E-state index in [1.165, 1.54) is 4.90 Å². The molecule has 0 radical (unpaired) electrons. The molecule has 0 spiro atoms. The van der Waals surface area contributed by atoms with E-state index in [0.29, 0.717) is 23.0 Å². The van der Waals surface area contributed by atoms with Crippen LogP contribution in [0.3, 0.4) is 0 Å². The number of carbonyl (C=O) groups is 1. The first-order valence-electron chi connectivity index (χ1n) is 5.93. The number of hydrogen-bond donors (Lipinski definition) is 0. The lowest BCUT2D eigenvalue weighted by molar-refractivity contribution is -0.127. The Bertz CT molecular complexity index is 633. The Labute approximate surface area is 132 Å². The number of amides is 1. The molecule has 4 nitrogen and oxygen atoms in total. The summed E-state index contributed by atoms with van der Waals surface area (Å²) in [6, 6.07) is 5.29. The third-order valence-corrected chi connectivity index (χ3v) is 5.99. The number of nitrogens with zero attached hydrogens (tertiary/aromatic N) is 1. The van der Waals surface area contributed by atoms with Gasteiger partial charge in [-0.15, -0.1) is 0 Å². The number of carbonyl (C=O) groups excluding carboxylic acids is 1. The van der Waals surface area contributed by atoms with Crippen LogP contribution in [0.25, 0.3) is 0 Å². The van der Waals surface area contributed by atoms with Crippen LogP contribution in [0, 0.1) is 0 Å². The van der Waals surface area contributed by atoms with Crippen molar-refractivity contribution in [3.05, 3.63) is 33.8 Å². The maximum Gasteiger partial charge on any atom is 0.237 e. The molecule has 0 aliphatic carbocycles. The molecule has 1 aliphatic heterocycles. The number of likely N-dealkylation sites (tertiary alicyclic amines) is 1. The predicted octanol–water partition coefficient (Wildman–Crippen LogP) is 2.71. The molecule has 0 saturated carbocycles. The van der Waals surface area contributed by atoms with Gasteiger partial charge in [0.2, 0.25) is 15.0 Å². The van der Waals surface area contributed by atoms with E-state index in [4.69, 9.17) is 33.9 Å². The molecule has 1 atom stereocenters. The van der Waals surface area contributed by atoms with E-state index in [2.05, 4.69) is 0 Å². The van der Waals surface area contributed by atoms with Crippen molar-refractivity contribution in [1.82, 2.24) is 4.90 Å². The highest BCUT2D eigenvalue weighted by atomic mass is 35.7. The van der Waals surface area contributed by atoms with E-state index in [1.807, 2.05) is 6.07 Å². The molecule has 1 aliphatic rings. The molecule has 1 fully saturated rings. The molecule has 0 aromatic heterocycles. The molecule has 0 N–H and O–H groups in total. The van der Waals surface area contributed by atoms with Gasteiger partial charge in [-0.1, -0.05) is 35.3 Å². The minimum atomic E-state index is -3.70. The van der Waals surface area contributed by atoms with E-state index in [9.17, 15) is 13.2 Å². The quantitative estimate of drug-likeness (QED) is 0.779. The zero-order chi connectivity index (χ0) is 14.9. The maximum absolute atomic E-state index is 11.7. The van der Waals surface area contributed by atoms with Crippen molar-refractivity contribution in [3.8, 4) is 0 Å². The SMILES string of the molecule is O=C1CC(S(=O)(=O)Cl)CN1CCc1cccc(Cl)c1Cl. The number of rotatable bonds is 4. The summed E-state index contributed by atoms with van der Waals surface area (Å²) in [4.78, 5) is 13.2. The van der Waals surface area contributed by atoms with Gasteiger partial charge >= 0.3 is 0 Å². The fourth-order valence-electron chi connectivity index (χ4n) is 2.14. The summed E-state index contributed by atoms with van der Waals surface area (Å²) in [5.74, 6) is -0.211. The van der Waals surface area contributed by atoms with Gasteiger partial charge in [0.25, 0.3) is 0 Å². The van der Waals surface area contributed by atoms with Gasteiger partial charge in [0.05, 0.1) is 10.0 Å². The van der Waals surface area contributed by atoms with Crippen LogP contribution in [0.1, 0.15) is 12.0 Å². The smallest absolute Gasteiger partial charge is 0.237 e. The molecule has 1 heterocycles. The standard InChI is InChI=1S/C12H12Cl3NO3S/c13-10-3-1-2-8(12(10)14)4-5-16-7-9(6-11(16)17)20(15,18)19/h1-3,9H,4-7H2. The highest BCUT2D eigenvalue weighted by Gasteiger charge is 2.36. The van der Waals surface area contributed by atoms with Crippen LogP contribution in [0.4, 0.5) is 0 Å². The van der Waals surface area contributed by atoms with Crippen molar-refractivity contribution >= 4 is 48.8 Å². The molecule has 1 aromatic rings. The monoisotopic (exact) mass is 355 g/mol. The maximum atomic E-state index is 11.7. The van der Waals surface area contributed by atoms with Crippen LogP contribution >= 0.6 is 33.9 Å². The molecular formula is C12H12Cl3NO3S. The topological polar surface area (TPSA) is 54.5 Å². The highest BCUT2D eigenvalue weighted by Crippen LogP contribution is 2.27. The first kappa shape index (κ1) is 15.9. The summed E-state index contributed by atoms with van der Waals surface area (Å²) >= 11 is 12.0. The Morgan fingerprint density at radius 1 is 1.30 bits per heavy atom. The van der Waals surface area contributed by atoms with E-state index in [1.54, 1.807) is 12.1 Å². The average Bonchev–Trinajstić information content (AvgIpc) is 2.73. The van der Waals surface area contributed by atoms with Crippen LogP contribution in [0.5, 0.6) is 0 Å². The third kappa shape index (κ3) is 3.58. The molecule has 0 bridgehead atoms. The highest BCUT2D eigenvalue weighted by molar-refractivity contribution is 8.14. The van der Waals surface area contributed by atoms with Gasteiger partial charge in [-0.3, -0.25) is 4.79 Å². The van der Waals surface area contributed by atoms with Crippen molar-refractivity contribution < 1.29 is 13.2 Å². The van der Waals surface area contributed by atoms with Crippen LogP contribution < -0.4 is 0 Å².